The minimum absolute atomic E-state index is 0.0483. The molecule has 0 unspecified atom stereocenters. The fourth-order valence-corrected chi connectivity index (χ4v) is 3.57. The molecular weight excluding hydrogens is 322 g/mol. The maximum absolute atomic E-state index is 12.6. The third-order valence-electron chi connectivity index (χ3n) is 3.61. The molecule has 0 fully saturated rings. The van der Waals surface area contributed by atoms with Crippen LogP contribution in [0.4, 0.5) is 0 Å². The monoisotopic (exact) mass is 347 g/mol. The Morgan fingerprint density at radius 2 is 1.62 bits per heavy atom. The van der Waals surface area contributed by atoms with Crippen molar-refractivity contribution in [3.05, 3.63) is 65.7 Å². The first-order valence-electron chi connectivity index (χ1n) is 8.11. The predicted molar refractivity (Wildman–Crippen MR) is 96.5 cm³/mol. The van der Waals surface area contributed by atoms with Gasteiger partial charge in [0.05, 0.1) is 17.6 Å². The van der Waals surface area contributed by atoms with Crippen LogP contribution in [0.1, 0.15) is 25.0 Å². The van der Waals surface area contributed by atoms with E-state index >= 15 is 0 Å². The van der Waals surface area contributed by atoms with E-state index in [1.54, 1.807) is 24.3 Å². The second-order valence-corrected chi connectivity index (χ2v) is 7.92. The van der Waals surface area contributed by atoms with E-state index in [4.69, 9.17) is 4.74 Å². The van der Waals surface area contributed by atoms with Gasteiger partial charge in [-0.2, -0.15) is 0 Å². The minimum atomic E-state index is -3.57. The molecule has 0 bridgehead atoms. The van der Waals surface area contributed by atoms with Crippen LogP contribution in [-0.4, -0.2) is 27.2 Å². The van der Waals surface area contributed by atoms with Gasteiger partial charge in [-0.15, -0.1) is 0 Å². The van der Waals surface area contributed by atoms with E-state index in [0.29, 0.717) is 13.0 Å². The number of sulfonamides is 1. The highest BCUT2D eigenvalue weighted by Gasteiger charge is 2.21. The first-order valence-corrected chi connectivity index (χ1v) is 9.59. The van der Waals surface area contributed by atoms with Gasteiger partial charge < -0.3 is 4.74 Å². The molecule has 2 aromatic carbocycles. The standard InChI is InChI=1S/C19H25NO3S/c1-15(2)23-14-18(13-17-7-5-4-6-8-17)20-24(21,22)19-11-9-16(3)10-12-19/h4-12,15,18,20H,13-14H2,1-3H3/t18-/m0/s1. The lowest BCUT2D eigenvalue weighted by molar-refractivity contribution is 0.0654. The van der Waals surface area contributed by atoms with Gasteiger partial charge in [0, 0.05) is 6.04 Å². The van der Waals surface area contributed by atoms with Gasteiger partial charge in [-0.05, 0) is 44.9 Å². The molecule has 0 aliphatic carbocycles. The summed E-state index contributed by atoms with van der Waals surface area (Å²) in [5.41, 5.74) is 2.10. The highest BCUT2D eigenvalue weighted by Crippen LogP contribution is 2.13. The van der Waals surface area contributed by atoms with Crippen molar-refractivity contribution in [2.24, 2.45) is 0 Å². The van der Waals surface area contributed by atoms with Crippen LogP contribution >= 0.6 is 0 Å². The molecule has 0 saturated carbocycles. The van der Waals surface area contributed by atoms with E-state index in [1.165, 1.54) is 0 Å². The first-order chi connectivity index (χ1) is 11.4. The van der Waals surface area contributed by atoms with Crippen molar-refractivity contribution >= 4 is 10.0 Å². The van der Waals surface area contributed by atoms with Gasteiger partial charge in [-0.25, -0.2) is 13.1 Å². The van der Waals surface area contributed by atoms with Crippen molar-refractivity contribution in [1.82, 2.24) is 4.72 Å². The smallest absolute Gasteiger partial charge is 0.240 e. The second kappa shape index (κ2) is 8.42. The molecule has 4 nitrogen and oxygen atoms in total. The van der Waals surface area contributed by atoms with E-state index in [9.17, 15) is 8.42 Å². The molecule has 0 spiro atoms. The molecule has 0 aliphatic rings. The van der Waals surface area contributed by atoms with Gasteiger partial charge in [0.15, 0.2) is 0 Å². The summed E-state index contributed by atoms with van der Waals surface area (Å²) in [4.78, 5) is 0.274. The molecule has 1 N–H and O–H groups in total. The lowest BCUT2D eigenvalue weighted by atomic mass is 10.1. The molecule has 2 aromatic rings. The zero-order valence-electron chi connectivity index (χ0n) is 14.4. The number of aryl methyl sites for hydroxylation is 1. The Kier molecular flexibility index (Phi) is 6.54. The maximum atomic E-state index is 12.6. The van der Waals surface area contributed by atoms with Crippen LogP contribution in [0.3, 0.4) is 0 Å². The molecule has 1 atom stereocenters. The van der Waals surface area contributed by atoms with Crippen LogP contribution in [0, 0.1) is 6.92 Å². The first kappa shape index (κ1) is 18.6. The summed E-state index contributed by atoms with van der Waals surface area (Å²) in [5, 5.41) is 0. The van der Waals surface area contributed by atoms with E-state index in [-0.39, 0.29) is 17.0 Å². The summed E-state index contributed by atoms with van der Waals surface area (Å²) >= 11 is 0. The topological polar surface area (TPSA) is 55.4 Å². The SMILES string of the molecule is Cc1ccc(S(=O)(=O)N[C@H](COC(C)C)Cc2ccccc2)cc1. The number of ether oxygens (including phenoxy) is 1. The van der Waals surface area contributed by atoms with Crippen LogP contribution in [0.2, 0.25) is 0 Å². The van der Waals surface area contributed by atoms with E-state index in [1.807, 2.05) is 51.1 Å². The summed E-state index contributed by atoms with van der Waals surface area (Å²) in [6.07, 6.45) is 0.630. The summed E-state index contributed by atoms with van der Waals surface area (Å²) < 4.78 is 33.7. The third-order valence-corrected chi connectivity index (χ3v) is 5.15. The van der Waals surface area contributed by atoms with Gasteiger partial charge in [0.2, 0.25) is 10.0 Å². The average Bonchev–Trinajstić information content (AvgIpc) is 2.54. The van der Waals surface area contributed by atoms with Crippen molar-refractivity contribution in [2.45, 2.75) is 44.2 Å². The Labute approximate surface area is 144 Å². The van der Waals surface area contributed by atoms with E-state index < -0.39 is 10.0 Å². The van der Waals surface area contributed by atoms with Crippen molar-refractivity contribution in [3.63, 3.8) is 0 Å². The third kappa shape index (κ3) is 5.74. The van der Waals surface area contributed by atoms with Gasteiger partial charge in [0.1, 0.15) is 0 Å². The summed E-state index contributed by atoms with van der Waals surface area (Å²) in [7, 11) is -3.57. The molecule has 0 saturated heterocycles. The Morgan fingerprint density at radius 1 is 1.00 bits per heavy atom. The molecule has 0 radical (unpaired) electrons. The Hall–Kier alpha value is -1.69. The van der Waals surface area contributed by atoms with Crippen LogP contribution in [-0.2, 0) is 21.2 Å². The fourth-order valence-electron chi connectivity index (χ4n) is 2.35. The Bertz CT molecular complexity index is 725. The molecule has 5 heteroatoms. The molecule has 0 aliphatic heterocycles. The number of nitrogens with one attached hydrogen (secondary N) is 1. The van der Waals surface area contributed by atoms with Crippen LogP contribution in [0.15, 0.2) is 59.5 Å². The molecule has 0 aromatic heterocycles. The Morgan fingerprint density at radius 3 is 2.21 bits per heavy atom. The summed E-state index contributed by atoms with van der Waals surface area (Å²) in [5.74, 6) is 0. The highest BCUT2D eigenvalue weighted by molar-refractivity contribution is 7.89. The van der Waals surface area contributed by atoms with E-state index in [0.717, 1.165) is 11.1 Å². The molecule has 0 heterocycles. The molecule has 24 heavy (non-hydrogen) atoms. The number of hydrogen-bond donors (Lipinski definition) is 1. The van der Waals surface area contributed by atoms with Gasteiger partial charge in [-0.1, -0.05) is 48.0 Å². The van der Waals surface area contributed by atoms with Crippen LogP contribution in [0.25, 0.3) is 0 Å². The van der Waals surface area contributed by atoms with Gasteiger partial charge in [0.25, 0.3) is 0 Å². The molecule has 130 valence electrons. The maximum Gasteiger partial charge on any atom is 0.240 e. The van der Waals surface area contributed by atoms with Crippen LogP contribution in [0.5, 0.6) is 0 Å². The van der Waals surface area contributed by atoms with Crippen molar-refractivity contribution < 1.29 is 13.2 Å². The quantitative estimate of drug-likeness (QED) is 0.797. The lowest BCUT2D eigenvalue weighted by Crippen LogP contribution is -2.40. The largest absolute Gasteiger partial charge is 0.377 e. The van der Waals surface area contributed by atoms with Crippen molar-refractivity contribution in [1.29, 1.82) is 0 Å². The predicted octanol–water partition coefficient (Wildman–Crippen LogP) is 3.31. The molecule has 0 amide bonds. The second-order valence-electron chi connectivity index (χ2n) is 6.20. The zero-order chi connectivity index (χ0) is 17.6. The highest BCUT2D eigenvalue weighted by atomic mass is 32.2. The molecular formula is C19H25NO3S. The Balaban J connectivity index is 2.15. The van der Waals surface area contributed by atoms with Crippen molar-refractivity contribution in [3.8, 4) is 0 Å². The number of benzene rings is 2. The lowest BCUT2D eigenvalue weighted by Gasteiger charge is -2.20. The van der Waals surface area contributed by atoms with Crippen LogP contribution < -0.4 is 4.72 Å². The van der Waals surface area contributed by atoms with Gasteiger partial charge >= 0.3 is 0 Å². The fraction of sp³-hybridized carbons (Fsp3) is 0.368. The summed E-state index contributed by atoms with van der Waals surface area (Å²) in [6.45, 7) is 6.14. The summed E-state index contributed by atoms with van der Waals surface area (Å²) in [6, 6.07) is 16.3. The number of hydrogen-bond acceptors (Lipinski definition) is 3. The van der Waals surface area contributed by atoms with Gasteiger partial charge in [-0.3, -0.25) is 0 Å². The minimum Gasteiger partial charge on any atom is -0.377 e. The molecule has 2 rings (SSSR count). The normalized spacial score (nSPS) is 13.2. The average molecular weight is 347 g/mol. The van der Waals surface area contributed by atoms with Crippen molar-refractivity contribution in [2.75, 3.05) is 6.61 Å². The zero-order valence-corrected chi connectivity index (χ0v) is 15.2. The number of rotatable bonds is 8. The van der Waals surface area contributed by atoms with E-state index in [2.05, 4.69) is 4.72 Å².